The average Bonchev–Trinajstić information content (AvgIpc) is 2.43. The second-order valence-electron chi connectivity index (χ2n) is 5.72. The monoisotopic (exact) mass is 404 g/mol. The summed E-state index contributed by atoms with van der Waals surface area (Å²) in [5, 5.41) is 13.9. The Kier molecular flexibility index (Phi) is 5.90. The van der Waals surface area contributed by atoms with Crippen molar-refractivity contribution in [2.24, 2.45) is 5.92 Å². The highest BCUT2D eigenvalue weighted by molar-refractivity contribution is 9.11. The number of hydrogen-bond donors (Lipinski definition) is 2. The van der Waals surface area contributed by atoms with E-state index in [-0.39, 0.29) is 6.04 Å². The largest absolute Gasteiger partial charge is 0.506 e. The van der Waals surface area contributed by atoms with E-state index >= 15 is 0 Å². The molecule has 1 aliphatic rings. The van der Waals surface area contributed by atoms with Crippen molar-refractivity contribution in [2.45, 2.75) is 26.3 Å². The second kappa shape index (κ2) is 7.25. The first kappa shape index (κ1) is 16.3. The molecule has 2 rings (SSSR count). The van der Waals surface area contributed by atoms with E-state index in [2.05, 4.69) is 55.9 Å². The molecule has 0 spiro atoms. The lowest BCUT2D eigenvalue weighted by atomic mass is 9.94. The number of hydrogen-bond acceptors (Lipinski definition) is 3. The molecule has 0 unspecified atom stereocenters. The third-order valence-electron chi connectivity index (χ3n) is 3.73. The van der Waals surface area contributed by atoms with Crippen LogP contribution in [0.1, 0.15) is 31.9 Å². The van der Waals surface area contributed by atoms with Crippen LogP contribution in [0.15, 0.2) is 21.1 Å². The average molecular weight is 406 g/mol. The Morgan fingerprint density at radius 2 is 1.80 bits per heavy atom. The van der Waals surface area contributed by atoms with Gasteiger partial charge in [0.05, 0.1) is 4.47 Å². The summed E-state index contributed by atoms with van der Waals surface area (Å²) in [6, 6.07) is 4.14. The fourth-order valence-electron chi connectivity index (χ4n) is 2.76. The fraction of sp³-hybridized carbons (Fsp3) is 0.600. The maximum absolute atomic E-state index is 10.5. The van der Waals surface area contributed by atoms with E-state index in [0.717, 1.165) is 47.1 Å². The Balaban J connectivity index is 2.37. The molecule has 2 N–H and O–H groups in total. The van der Waals surface area contributed by atoms with Gasteiger partial charge in [0.25, 0.3) is 0 Å². The summed E-state index contributed by atoms with van der Waals surface area (Å²) in [5.41, 5.74) is 1.01. The number of rotatable bonds is 4. The number of nitrogens with one attached hydrogen (secondary N) is 1. The molecule has 0 aliphatic carbocycles. The molecule has 1 atom stereocenters. The van der Waals surface area contributed by atoms with Gasteiger partial charge >= 0.3 is 0 Å². The van der Waals surface area contributed by atoms with E-state index in [1.54, 1.807) is 0 Å². The molecule has 5 heteroatoms. The highest BCUT2D eigenvalue weighted by Crippen LogP contribution is 2.42. The molecule has 1 aromatic rings. The lowest BCUT2D eigenvalue weighted by Gasteiger charge is -2.37. The number of halogens is 2. The van der Waals surface area contributed by atoms with E-state index in [9.17, 15) is 5.11 Å². The minimum atomic E-state index is 0.254. The Labute approximate surface area is 138 Å². The molecule has 1 saturated heterocycles. The van der Waals surface area contributed by atoms with Crippen molar-refractivity contribution in [3.05, 3.63) is 26.6 Å². The standard InChI is InChI=1S/C15H22Br2N2O/c1-10(2)9-13(19-7-5-18-6-8-19)14-11(16)3-4-12(17)15(14)20/h3-4,10,13,18,20H,5-9H2,1-2H3/t13-/m1/s1. The van der Waals surface area contributed by atoms with Gasteiger partial charge in [-0.1, -0.05) is 29.8 Å². The maximum Gasteiger partial charge on any atom is 0.135 e. The Morgan fingerprint density at radius 3 is 2.40 bits per heavy atom. The lowest BCUT2D eigenvalue weighted by Crippen LogP contribution is -2.45. The SMILES string of the molecule is CC(C)C[C@H](c1c(Br)ccc(Br)c1O)N1CCNCC1. The molecule has 0 amide bonds. The highest BCUT2D eigenvalue weighted by atomic mass is 79.9. The third kappa shape index (κ3) is 3.75. The molecule has 1 heterocycles. The molecule has 0 aromatic heterocycles. The van der Waals surface area contributed by atoms with Gasteiger partial charge in [-0.25, -0.2) is 0 Å². The number of aromatic hydroxyl groups is 1. The topological polar surface area (TPSA) is 35.5 Å². The van der Waals surface area contributed by atoms with Gasteiger partial charge in [0.15, 0.2) is 0 Å². The van der Waals surface area contributed by atoms with Crippen molar-refractivity contribution in [2.75, 3.05) is 26.2 Å². The van der Waals surface area contributed by atoms with Crippen molar-refractivity contribution in [3.63, 3.8) is 0 Å². The molecule has 20 heavy (non-hydrogen) atoms. The molecular formula is C15H22Br2N2O. The van der Waals surface area contributed by atoms with Gasteiger partial charge < -0.3 is 10.4 Å². The second-order valence-corrected chi connectivity index (χ2v) is 7.43. The molecule has 0 radical (unpaired) electrons. The van der Waals surface area contributed by atoms with Crippen LogP contribution in [-0.4, -0.2) is 36.2 Å². The van der Waals surface area contributed by atoms with E-state index in [4.69, 9.17) is 0 Å². The van der Waals surface area contributed by atoms with Crippen LogP contribution < -0.4 is 5.32 Å². The van der Waals surface area contributed by atoms with Gasteiger partial charge in [-0.15, -0.1) is 0 Å². The van der Waals surface area contributed by atoms with Crippen LogP contribution in [0.3, 0.4) is 0 Å². The van der Waals surface area contributed by atoms with E-state index in [1.807, 2.05) is 12.1 Å². The Bertz CT molecular complexity index is 459. The highest BCUT2D eigenvalue weighted by Gasteiger charge is 2.27. The molecule has 1 fully saturated rings. The lowest BCUT2D eigenvalue weighted by molar-refractivity contribution is 0.151. The van der Waals surface area contributed by atoms with Crippen LogP contribution in [0, 0.1) is 5.92 Å². The van der Waals surface area contributed by atoms with Gasteiger partial charge in [-0.05, 0) is 40.4 Å². The minimum Gasteiger partial charge on any atom is -0.506 e. The molecule has 0 bridgehead atoms. The molecule has 0 saturated carbocycles. The van der Waals surface area contributed by atoms with Crippen LogP contribution in [0.2, 0.25) is 0 Å². The Morgan fingerprint density at radius 1 is 1.20 bits per heavy atom. The van der Waals surface area contributed by atoms with Crippen LogP contribution in [0.25, 0.3) is 0 Å². The number of phenols is 1. The van der Waals surface area contributed by atoms with Gasteiger partial charge in [-0.2, -0.15) is 0 Å². The van der Waals surface area contributed by atoms with Crippen molar-refractivity contribution < 1.29 is 5.11 Å². The molecular weight excluding hydrogens is 384 g/mol. The zero-order valence-electron chi connectivity index (χ0n) is 12.0. The summed E-state index contributed by atoms with van der Waals surface area (Å²) >= 11 is 7.05. The Hall–Kier alpha value is -0.100. The first-order chi connectivity index (χ1) is 9.50. The van der Waals surface area contributed by atoms with E-state index < -0.39 is 0 Å². The molecule has 1 aliphatic heterocycles. The number of piperazine rings is 1. The summed E-state index contributed by atoms with van der Waals surface area (Å²) in [6.07, 6.45) is 1.04. The van der Waals surface area contributed by atoms with Gasteiger partial charge in [0.1, 0.15) is 5.75 Å². The van der Waals surface area contributed by atoms with E-state index in [0.29, 0.717) is 11.7 Å². The smallest absolute Gasteiger partial charge is 0.135 e. The van der Waals surface area contributed by atoms with E-state index in [1.165, 1.54) is 0 Å². The summed E-state index contributed by atoms with van der Waals surface area (Å²) in [4.78, 5) is 2.47. The third-order valence-corrected chi connectivity index (χ3v) is 5.07. The van der Waals surface area contributed by atoms with Gasteiger partial charge in [0, 0.05) is 42.3 Å². The summed E-state index contributed by atoms with van der Waals surface area (Å²) < 4.78 is 1.75. The van der Waals surface area contributed by atoms with Crippen molar-refractivity contribution >= 4 is 31.9 Å². The van der Waals surface area contributed by atoms with Crippen LogP contribution in [0.4, 0.5) is 0 Å². The van der Waals surface area contributed by atoms with Crippen molar-refractivity contribution in [1.82, 2.24) is 10.2 Å². The van der Waals surface area contributed by atoms with Crippen molar-refractivity contribution in [1.29, 1.82) is 0 Å². The first-order valence-electron chi connectivity index (χ1n) is 7.12. The molecule has 1 aromatic carbocycles. The van der Waals surface area contributed by atoms with Gasteiger partial charge in [0.2, 0.25) is 0 Å². The fourth-order valence-corrected chi connectivity index (χ4v) is 3.69. The zero-order chi connectivity index (χ0) is 14.7. The predicted octanol–water partition coefficient (Wildman–Crippen LogP) is 3.91. The van der Waals surface area contributed by atoms with Crippen LogP contribution in [-0.2, 0) is 0 Å². The number of phenolic OH excluding ortho intramolecular Hbond substituents is 1. The van der Waals surface area contributed by atoms with Crippen LogP contribution in [0.5, 0.6) is 5.75 Å². The number of nitrogens with zero attached hydrogens (tertiary/aromatic N) is 1. The van der Waals surface area contributed by atoms with Crippen molar-refractivity contribution in [3.8, 4) is 5.75 Å². The summed E-state index contributed by atoms with van der Waals surface area (Å²) in [6.45, 7) is 8.55. The van der Waals surface area contributed by atoms with Gasteiger partial charge in [-0.3, -0.25) is 4.90 Å². The predicted molar refractivity (Wildman–Crippen MR) is 90.1 cm³/mol. The quantitative estimate of drug-likeness (QED) is 0.796. The molecule has 3 nitrogen and oxygen atoms in total. The maximum atomic E-state index is 10.5. The summed E-state index contributed by atoms with van der Waals surface area (Å²) in [5.74, 6) is 0.948. The normalized spacial score (nSPS) is 18.4. The first-order valence-corrected chi connectivity index (χ1v) is 8.71. The number of benzene rings is 1. The molecule has 112 valence electrons. The van der Waals surface area contributed by atoms with Crippen LogP contribution >= 0.6 is 31.9 Å². The minimum absolute atomic E-state index is 0.254. The zero-order valence-corrected chi connectivity index (χ0v) is 15.2. The summed E-state index contributed by atoms with van der Waals surface area (Å²) in [7, 11) is 0.